The summed E-state index contributed by atoms with van der Waals surface area (Å²) in [5.41, 5.74) is -0.472. The van der Waals surface area contributed by atoms with Crippen LogP contribution >= 0.6 is 0 Å². The second-order valence-corrected chi connectivity index (χ2v) is 10.9. The molecule has 8 heteroatoms. The van der Waals surface area contributed by atoms with Crippen molar-refractivity contribution in [2.24, 2.45) is 22.7 Å². The van der Waals surface area contributed by atoms with Crippen LogP contribution < -0.4 is 0 Å². The lowest BCUT2D eigenvalue weighted by atomic mass is 9.74. The summed E-state index contributed by atoms with van der Waals surface area (Å²) in [5.74, 6) is -2.76. The maximum atomic E-state index is 12.9. The zero-order chi connectivity index (χ0) is 23.4. The number of hydrogen-bond donors (Lipinski definition) is 3. The second kappa shape index (κ2) is 10.4. The fraction of sp³-hybridized carbons (Fsp3) is 0.909. The van der Waals surface area contributed by atoms with E-state index in [1.807, 2.05) is 41.5 Å². The minimum atomic E-state index is -1.04. The Bertz CT molecular complexity index is 569. The second-order valence-electron chi connectivity index (χ2n) is 10.9. The molecule has 0 heterocycles. The molecule has 30 heavy (non-hydrogen) atoms. The molecule has 1 aliphatic rings. The first-order chi connectivity index (χ1) is 13.5. The summed E-state index contributed by atoms with van der Waals surface area (Å²) in [7, 11) is 0. The van der Waals surface area contributed by atoms with Crippen LogP contribution in [0.25, 0.3) is 0 Å². The van der Waals surface area contributed by atoms with Crippen molar-refractivity contribution in [2.75, 3.05) is 13.2 Å². The highest BCUT2D eigenvalue weighted by Crippen LogP contribution is 2.36. The zero-order valence-corrected chi connectivity index (χ0v) is 19.7. The van der Waals surface area contributed by atoms with E-state index in [0.29, 0.717) is 0 Å². The molecule has 0 spiro atoms. The first-order valence-corrected chi connectivity index (χ1v) is 10.7. The van der Waals surface area contributed by atoms with Crippen molar-refractivity contribution in [3.8, 4) is 0 Å². The van der Waals surface area contributed by atoms with Crippen LogP contribution in [0.3, 0.4) is 0 Å². The largest absolute Gasteiger partial charge is 0.465 e. The molecular formula is C22H41NO7. The number of nitrogens with zero attached hydrogens (tertiary/aromatic N) is 1. The molecule has 1 aliphatic carbocycles. The standard InChI is InChI=1S/C22H41NO7/c1-13(24)23(14(2)25)17-9-15(19(27)29-11-21(3,4)5)16(10-18(17)26)20(28)30-12-22(6,7)8/h13-18,24-26H,9-12H2,1-8H3. The quantitative estimate of drug-likeness (QED) is 0.413. The molecule has 0 aromatic heterocycles. The molecule has 0 radical (unpaired) electrons. The lowest BCUT2D eigenvalue weighted by Gasteiger charge is -2.44. The van der Waals surface area contributed by atoms with Gasteiger partial charge < -0.3 is 24.8 Å². The molecule has 6 unspecified atom stereocenters. The van der Waals surface area contributed by atoms with Crippen molar-refractivity contribution in [1.82, 2.24) is 4.90 Å². The molecule has 1 saturated carbocycles. The average molecular weight is 432 g/mol. The lowest BCUT2D eigenvalue weighted by molar-refractivity contribution is -0.181. The van der Waals surface area contributed by atoms with E-state index < -0.39 is 48.4 Å². The van der Waals surface area contributed by atoms with E-state index in [2.05, 4.69) is 0 Å². The van der Waals surface area contributed by atoms with Gasteiger partial charge in [0.2, 0.25) is 0 Å². The maximum Gasteiger partial charge on any atom is 0.309 e. The predicted octanol–water partition coefficient (Wildman–Crippen LogP) is 1.90. The molecule has 8 nitrogen and oxygen atoms in total. The van der Waals surface area contributed by atoms with E-state index >= 15 is 0 Å². The van der Waals surface area contributed by atoms with Gasteiger partial charge in [-0.15, -0.1) is 0 Å². The number of rotatable bonds is 7. The van der Waals surface area contributed by atoms with Crippen LogP contribution in [0, 0.1) is 22.7 Å². The van der Waals surface area contributed by atoms with Crippen LogP contribution in [-0.2, 0) is 19.1 Å². The molecule has 0 amide bonds. The van der Waals surface area contributed by atoms with Crippen molar-refractivity contribution in [3.05, 3.63) is 0 Å². The molecule has 0 saturated heterocycles. The zero-order valence-electron chi connectivity index (χ0n) is 19.7. The summed E-state index contributed by atoms with van der Waals surface area (Å²) in [6, 6.07) is -0.705. The molecule has 1 rings (SSSR count). The molecule has 0 aromatic rings. The normalized spacial score (nSPS) is 27.5. The Morgan fingerprint density at radius 2 is 1.23 bits per heavy atom. The van der Waals surface area contributed by atoms with E-state index in [1.165, 1.54) is 18.7 Å². The minimum absolute atomic E-state index is 0.0150. The lowest BCUT2D eigenvalue weighted by Crippen LogP contribution is -2.57. The summed E-state index contributed by atoms with van der Waals surface area (Å²) in [5, 5.41) is 30.9. The van der Waals surface area contributed by atoms with Crippen LogP contribution in [0.2, 0.25) is 0 Å². The van der Waals surface area contributed by atoms with Crippen LogP contribution in [0.15, 0.2) is 0 Å². The van der Waals surface area contributed by atoms with Crippen LogP contribution in [0.1, 0.15) is 68.2 Å². The predicted molar refractivity (Wildman–Crippen MR) is 112 cm³/mol. The molecule has 1 fully saturated rings. The Labute approximate surface area is 180 Å². The SMILES string of the molecule is CC(O)N(C(C)O)C1CC(C(=O)OCC(C)(C)C)C(C(=O)OCC(C)(C)C)CC1O. The summed E-state index contributed by atoms with van der Waals surface area (Å²) in [4.78, 5) is 27.1. The van der Waals surface area contributed by atoms with Gasteiger partial charge in [-0.1, -0.05) is 41.5 Å². The first kappa shape index (κ1) is 26.8. The van der Waals surface area contributed by atoms with E-state index in [4.69, 9.17) is 9.47 Å². The Hall–Kier alpha value is -1.22. The topological polar surface area (TPSA) is 117 Å². The fourth-order valence-electron chi connectivity index (χ4n) is 3.66. The van der Waals surface area contributed by atoms with Gasteiger partial charge in [0.15, 0.2) is 0 Å². The molecule has 0 bridgehead atoms. The molecule has 176 valence electrons. The number of hydrogen-bond acceptors (Lipinski definition) is 8. The number of ether oxygens (including phenoxy) is 2. The van der Waals surface area contributed by atoms with E-state index in [-0.39, 0.29) is 36.9 Å². The highest BCUT2D eigenvalue weighted by molar-refractivity contribution is 5.82. The van der Waals surface area contributed by atoms with Crippen molar-refractivity contribution in [2.45, 2.75) is 92.8 Å². The van der Waals surface area contributed by atoms with Gasteiger partial charge in [0.05, 0.1) is 31.2 Å². The Kier molecular flexibility index (Phi) is 9.29. The van der Waals surface area contributed by atoms with Crippen molar-refractivity contribution in [1.29, 1.82) is 0 Å². The number of aliphatic hydroxyl groups excluding tert-OH is 3. The van der Waals surface area contributed by atoms with Gasteiger partial charge in [-0.05, 0) is 37.5 Å². The third kappa shape index (κ3) is 8.13. The number of carbonyl (C=O) groups is 2. The van der Waals surface area contributed by atoms with Gasteiger partial charge in [-0.2, -0.15) is 0 Å². The first-order valence-electron chi connectivity index (χ1n) is 10.7. The molecule has 3 N–H and O–H groups in total. The molecule has 6 atom stereocenters. The third-order valence-corrected chi connectivity index (χ3v) is 5.07. The van der Waals surface area contributed by atoms with Crippen LogP contribution in [0.4, 0.5) is 0 Å². The minimum Gasteiger partial charge on any atom is -0.465 e. The summed E-state index contributed by atoms with van der Waals surface area (Å²) < 4.78 is 10.9. The number of carbonyl (C=O) groups excluding carboxylic acids is 2. The summed E-state index contributed by atoms with van der Waals surface area (Å²) in [6.07, 6.45) is -3.05. The Balaban J connectivity index is 3.11. The third-order valence-electron chi connectivity index (χ3n) is 5.07. The van der Waals surface area contributed by atoms with Crippen molar-refractivity contribution in [3.63, 3.8) is 0 Å². The fourth-order valence-corrected chi connectivity index (χ4v) is 3.66. The van der Waals surface area contributed by atoms with Crippen LogP contribution in [0.5, 0.6) is 0 Å². The van der Waals surface area contributed by atoms with Gasteiger partial charge in [-0.3, -0.25) is 9.59 Å². The Morgan fingerprint density at radius 3 is 1.57 bits per heavy atom. The van der Waals surface area contributed by atoms with E-state index in [0.717, 1.165) is 0 Å². The van der Waals surface area contributed by atoms with Gasteiger partial charge in [0.1, 0.15) is 12.5 Å². The highest BCUT2D eigenvalue weighted by atomic mass is 16.5. The van der Waals surface area contributed by atoms with E-state index in [9.17, 15) is 24.9 Å². The van der Waals surface area contributed by atoms with Gasteiger partial charge in [-0.25, -0.2) is 4.90 Å². The molecule has 0 aromatic carbocycles. The average Bonchev–Trinajstić information content (AvgIpc) is 2.56. The van der Waals surface area contributed by atoms with E-state index in [1.54, 1.807) is 0 Å². The summed E-state index contributed by atoms with van der Waals surface area (Å²) >= 11 is 0. The van der Waals surface area contributed by atoms with Gasteiger partial charge in [0, 0.05) is 6.04 Å². The van der Waals surface area contributed by atoms with Crippen LogP contribution in [-0.4, -0.2) is 70.0 Å². The van der Waals surface area contributed by atoms with Gasteiger partial charge >= 0.3 is 11.9 Å². The molecular weight excluding hydrogens is 390 g/mol. The maximum absolute atomic E-state index is 12.9. The number of esters is 2. The summed E-state index contributed by atoms with van der Waals surface area (Å²) in [6.45, 7) is 15.0. The molecule has 0 aliphatic heterocycles. The van der Waals surface area contributed by atoms with Crippen molar-refractivity contribution >= 4 is 11.9 Å². The Morgan fingerprint density at radius 1 is 0.867 bits per heavy atom. The monoisotopic (exact) mass is 431 g/mol. The van der Waals surface area contributed by atoms with Crippen molar-refractivity contribution < 1.29 is 34.4 Å². The smallest absolute Gasteiger partial charge is 0.309 e. The highest BCUT2D eigenvalue weighted by Gasteiger charge is 2.48. The van der Waals surface area contributed by atoms with Gasteiger partial charge in [0.25, 0.3) is 0 Å². The number of aliphatic hydroxyl groups is 3.